The van der Waals surface area contributed by atoms with Crippen molar-refractivity contribution in [1.82, 2.24) is 24.3 Å². The molecule has 0 radical (unpaired) electrons. The Hall–Kier alpha value is -2.65. The summed E-state index contributed by atoms with van der Waals surface area (Å²) in [7, 11) is 0. The number of likely N-dealkylation sites (tertiary alicyclic amines) is 1. The van der Waals surface area contributed by atoms with Gasteiger partial charge in [-0.3, -0.25) is 23.9 Å². The van der Waals surface area contributed by atoms with Crippen molar-refractivity contribution >= 4 is 28.0 Å². The predicted octanol–water partition coefficient (Wildman–Crippen LogP) is 1.71. The Morgan fingerprint density at radius 1 is 1.41 bits per heavy atom. The molecule has 9 heteroatoms. The molecule has 4 rings (SSSR count). The van der Waals surface area contributed by atoms with Crippen LogP contribution in [0.2, 0.25) is 0 Å². The summed E-state index contributed by atoms with van der Waals surface area (Å²) < 4.78 is 1.63. The Morgan fingerprint density at radius 2 is 2.30 bits per heavy atom. The van der Waals surface area contributed by atoms with E-state index in [-0.39, 0.29) is 17.4 Å². The number of nitrogens with one attached hydrogen (secondary N) is 1. The average Bonchev–Trinajstić information content (AvgIpc) is 3.04. The molecule has 1 unspecified atom stereocenters. The van der Waals surface area contributed by atoms with Gasteiger partial charge in [-0.25, -0.2) is 9.97 Å². The molecule has 1 aliphatic heterocycles. The molecule has 1 aliphatic rings. The van der Waals surface area contributed by atoms with Crippen LogP contribution in [-0.4, -0.2) is 43.2 Å². The summed E-state index contributed by atoms with van der Waals surface area (Å²) >= 11 is 1.47. The van der Waals surface area contributed by atoms with Gasteiger partial charge in [-0.1, -0.05) is 0 Å². The minimum atomic E-state index is -0.116. The van der Waals surface area contributed by atoms with Crippen molar-refractivity contribution < 1.29 is 4.79 Å². The fourth-order valence-corrected chi connectivity index (χ4v) is 4.31. The van der Waals surface area contributed by atoms with Crippen LogP contribution in [0.3, 0.4) is 0 Å². The summed E-state index contributed by atoms with van der Waals surface area (Å²) in [6, 6.07) is 1.59. The largest absolute Gasteiger partial charge is 0.309 e. The number of carbonyl (C=O) groups excluding carboxylic acids is 1. The Labute approximate surface area is 159 Å². The van der Waals surface area contributed by atoms with Crippen LogP contribution in [0, 0.1) is 12.8 Å². The van der Waals surface area contributed by atoms with E-state index < -0.39 is 0 Å². The van der Waals surface area contributed by atoms with Gasteiger partial charge in [0, 0.05) is 42.6 Å². The van der Waals surface area contributed by atoms with Gasteiger partial charge in [0.05, 0.1) is 17.8 Å². The van der Waals surface area contributed by atoms with Crippen molar-refractivity contribution in [2.24, 2.45) is 5.92 Å². The van der Waals surface area contributed by atoms with Crippen molar-refractivity contribution in [3.05, 3.63) is 51.8 Å². The van der Waals surface area contributed by atoms with Gasteiger partial charge in [0.25, 0.3) is 5.56 Å². The van der Waals surface area contributed by atoms with E-state index in [1.54, 1.807) is 22.9 Å². The van der Waals surface area contributed by atoms with Crippen molar-refractivity contribution in [3.63, 3.8) is 0 Å². The fourth-order valence-electron chi connectivity index (χ4n) is 3.42. The number of anilines is 1. The van der Waals surface area contributed by atoms with Crippen molar-refractivity contribution in [2.45, 2.75) is 26.3 Å². The molecule has 3 aromatic heterocycles. The molecule has 4 heterocycles. The van der Waals surface area contributed by atoms with E-state index in [1.807, 2.05) is 12.3 Å². The first-order chi connectivity index (χ1) is 13.1. The molecule has 1 atom stereocenters. The molecule has 1 saturated heterocycles. The monoisotopic (exact) mass is 384 g/mol. The molecule has 27 heavy (non-hydrogen) atoms. The molecule has 1 amide bonds. The maximum Gasteiger partial charge on any atom is 0.259 e. The van der Waals surface area contributed by atoms with Gasteiger partial charge < -0.3 is 5.32 Å². The smallest absolute Gasteiger partial charge is 0.259 e. The average molecular weight is 384 g/mol. The highest BCUT2D eigenvalue weighted by atomic mass is 32.1. The topological polar surface area (TPSA) is 92.5 Å². The maximum absolute atomic E-state index is 12.5. The van der Waals surface area contributed by atoms with Crippen LogP contribution in [0.25, 0.3) is 4.96 Å². The number of hydrogen-bond donors (Lipinski definition) is 1. The number of thiazole rings is 1. The Kier molecular flexibility index (Phi) is 4.95. The molecule has 1 N–H and O–H groups in total. The van der Waals surface area contributed by atoms with Crippen LogP contribution in [0.15, 0.2) is 34.8 Å². The highest BCUT2D eigenvalue weighted by molar-refractivity contribution is 7.15. The highest BCUT2D eigenvalue weighted by Crippen LogP contribution is 2.20. The van der Waals surface area contributed by atoms with Gasteiger partial charge in [0.2, 0.25) is 5.91 Å². The van der Waals surface area contributed by atoms with Crippen LogP contribution in [-0.2, 0) is 11.3 Å². The van der Waals surface area contributed by atoms with Gasteiger partial charge in [-0.05, 0) is 26.3 Å². The molecule has 3 aromatic rings. The minimum Gasteiger partial charge on any atom is -0.309 e. The van der Waals surface area contributed by atoms with E-state index in [1.165, 1.54) is 17.5 Å². The second-order valence-corrected chi connectivity index (χ2v) is 7.57. The Morgan fingerprint density at radius 3 is 3.11 bits per heavy atom. The van der Waals surface area contributed by atoms with E-state index in [9.17, 15) is 9.59 Å². The number of carbonyl (C=O) groups is 1. The van der Waals surface area contributed by atoms with Crippen LogP contribution < -0.4 is 10.9 Å². The summed E-state index contributed by atoms with van der Waals surface area (Å²) in [5, 5.41) is 4.76. The van der Waals surface area contributed by atoms with Gasteiger partial charge in [0.1, 0.15) is 0 Å². The minimum absolute atomic E-state index is 0.0439. The first-order valence-electron chi connectivity index (χ1n) is 8.86. The van der Waals surface area contributed by atoms with E-state index in [4.69, 9.17) is 0 Å². The number of rotatable bonds is 4. The number of aromatic nitrogens is 4. The first-order valence-corrected chi connectivity index (χ1v) is 9.74. The second kappa shape index (κ2) is 7.53. The SMILES string of the molecule is Cc1csc2nc(CN3CCCC(C(=O)Nc4cnccn4)C3)cc(=O)n12. The quantitative estimate of drug-likeness (QED) is 0.736. The lowest BCUT2D eigenvalue weighted by molar-refractivity contribution is -0.121. The number of aryl methyl sites for hydroxylation is 1. The lowest BCUT2D eigenvalue weighted by Gasteiger charge is -2.31. The summed E-state index contributed by atoms with van der Waals surface area (Å²) in [6.45, 7) is 3.99. The number of fused-ring (bicyclic) bond motifs is 1. The van der Waals surface area contributed by atoms with Crippen LogP contribution >= 0.6 is 11.3 Å². The zero-order valence-corrected chi connectivity index (χ0v) is 15.8. The molecule has 0 bridgehead atoms. The third kappa shape index (κ3) is 3.88. The van der Waals surface area contributed by atoms with Crippen LogP contribution in [0.4, 0.5) is 5.82 Å². The number of piperidine rings is 1. The highest BCUT2D eigenvalue weighted by Gasteiger charge is 2.26. The molecule has 8 nitrogen and oxygen atoms in total. The second-order valence-electron chi connectivity index (χ2n) is 6.73. The van der Waals surface area contributed by atoms with E-state index in [0.29, 0.717) is 23.9 Å². The number of hydrogen-bond acceptors (Lipinski definition) is 7. The normalized spacial score (nSPS) is 17.9. The van der Waals surface area contributed by atoms with Crippen LogP contribution in [0.1, 0.15) is 24.2 Å². The van der Waals surface area contributed by atoms with E-state index in [0.717, 1.165) is 30.8 Å². The summed E-state index contributed by atoms with van der Waals surface area (Å²) in [4.78, 5) is 40.4. The van der Waals surface area contributed by atoms with Gasteiger partial charge >= 0.3 is 0 Å². The molecular formula is C18H20N6O2S. The molecule has 1 fully saturated rings. The number of nitrogens with zero attached hydrogens (tertiary/aromatic N) is 5. The third-order valence-corrected chi connectivity index (χ3v) is 5.65. The summed E-state index contributed by atoms with van der Waals surface area (Å²) in [6.07, 6.45) is 6.42. The van der Waals surface area contributed by atoms with Crippen molar-refractivity contribution in [3.8, 4) is 0 Å². The fraction of sp³-hybridized carbons (Fsp3) is 0.389. The lowest BCUT2D eigenvalue weighted by Crippen LogP contribution is -2.40. The Balaban J connectivity index is 1.44. The molecule has 0 saturated carbocycles. The van der Waals surface area contributed by atoms with E-state index in [2.05, 4.69) is 25.2 Å². The molecule has 0 aromatic carbocycles. The van der Waals surface area contributed by atoms with E-state index >= 15 is 0 Å². The molecule has 140 valence electrons. The van der Waals surface area contributed by atoms with Gasteiger partial charge in [-0.2, -0.15) is 0 Å². The molecule has 0 spiro atoms. The Bertz CT molecular complexity index is 1020. The zero-order valence-electron chi connectivity index (χ0n) is 15.0. The zero-order chi connectivity index (χ0) is 18.8. The van der Waals surface area contributed by atoms with Crippen molar-refractivity contribution in [1.29, 1.82) is 0 Å². The van der Waals surface area contributed by atoms with Crippen LogP contribution in [0.5, 0.6) is 0 Å². The van der Waals surface area contributed by atoms with Gasteiger partial charge in [-0.15, -0.1) is 11.3 Å². The standard InChI is InChI=1S/C18H20N6O2S/c1-12-11-27-18-21-14(7-16(25)24(12)18)10-23-6-2-3-13(9-23)17(26)22-15-8-19-4-5-20-15/h4-5,7-8,11,13H,2-3,6,9-10H2,1H3,(H,20,22,26). The maximum atomic E-state index is 12.5. The predicted molar refractivity (Wildman–Crippen MR) is 103 cm³/mol. The molecular weight excluding hydrogens is 364 g/mol. The first kappa shape index (κ1) is 17.7. The van der Waals surface area contributed by atoms with Gasteiger partial charge in [0.15, 0.2) is 10.8 Å². The number of amides is 1. The molecule has 0 aliphatic carbocycles. The van der Waals surface area contributed by atoms with Crippen molar-refractivity contribution in [2.75, 3.05) is 18.4 Å². The lowest BCUT2D eigenvalue weighted by atomic mass is 9.97. The summed E-state index contributed by atoms with van der Waals surface area (Å²) in [5.41, 5.74) is 1.59. The third-order valence-electron chi connectivity index (χ3n) is 4.70. The summed E-state index contributed by atoms with van der Waals surface area (Å²) in [5.74, 6) is 0.306.